The van der Waals surface area contributed by atoms with Crippen molar-refractivity contribution in [3.8, 4) is 0 Å². The van der Waals surface area contributed by atoms with Gasteiger partial charge >= 0.3 is 0 Å². The van der Waals surface area contributed by atoms with Gasteiger partial charge in [0.15, 0.2) is 5.78 Å². The van der Waals surface area contributed by atoms with Crippen LogP contribution in [0.1, 0.15) is 86.0 Å². The van der Waals surface area contributed by atoms with Crippen LogP contribution in [0.2, 0.25) is 0 Å². The standard InChI is InChI=1S/C29H44O2/c1-7-20(18(2)3)9-8-19(4)23-10-11-24-27-25(13-15-29(23,24)6)28(5)14-12-22(30)16-21(28)17-26(27)31/h8-9,17,19-20,22-25,27,30H,2,7,10-16H2,1,3-6H3. The fourth-order valence-electron chi connectivity index (χ4n) is 8.38. The summed E-state index contributed by atoms with van der Waals surface area (Å²) < 4.78 is 0. The molecule has 0 spiro atoms. The largest absolute Gasteiger partial charge is 0.393 e. The van der Waals surface area contributed by atoms with Crippen molar-refractivity contribution in [2.24, 2.45) is 46.3 Å². The molecule has 9 unspecified atom stereocenters. The molecular formula is C29H44O2. The molecule has 3 saturated carbocycles. The zero-order valence-electron chi connectivity index (χ0n) is 20.5. The highest BCUT2D eigenvalue weighted by Crippen LogP contribution is 2.66. The smallest absolute Gasteiger partial charge is 0.159 e. The van der Waals surface area contributed by atoms with Gasteiger partial charge in [-0.25, -0.2) is 0 Å². The Kier molecular flexibility index (Phi) is 6.18. The number of aliphatic hydroxyl groups is 1. The van der Waals surface area contributed by atoms with Crippen LogP contribution in [-0.4, -0.2) is 17.0 Å². The van der Waals surface area contributed by atoms with Crippen molar-refractivity contribution in [1.29, 1.82) is 0 Å². The number of ketones is 1. The van der Waals surface area contributed by atoms with Crippen LogP contribution in [0.5, 0.6) is 0 Å². The Morgan fingerprint density at radius 1 is 1.19 bits per heavy atom. The van der Waals surface area contributed by atoms with E-state index in [0.29, 0.717) is 41.8 Å². The van der Waals surface area contributed by atoms with Gasteiger partial charge in [-0.1, -0.05) is 57.6 Å². The molecule has 31 heavy (non-hydrogen) atoms. The average molecular weight is 425 g/mol. The molecule has 9 atom stereocenters. The van der Waals surface area contributed by atoms with Gasteiger partial charge < -0.3 is 5.11 Å². The van der Waals surface area contributed by atoms with E-state index in [1.165, 1.54) is 36.8 Å². The average Bonchev–Trinajstić information content (AvgIpc) is 3.06. The third kappa shape index (κ3) is 3.71. The summed E-state index contributed by atoms with van der Waals surface area (Å²) in [4.78, 5) is 13.4. The van der Waals surface area contributed by atoms with Crippen LogP contribution in [0.15, 0.2) is 36.0 Å². The molecule has 0 amide bonds. The lowest BCUT2D eigenvalue weighted by Gasteiger charge is -2.57. The van der Waals surface area contributed by atoms with E-state index in [9.17, 15) is 9.90 Å². The molecule has 1 N–H and O–H groups in total. The lowest BCUT2D eigenvalue weighted by atomic mass is 9.46. The van der Waals surface area contributed by atoms with E-state index in [1.807, 2.05) is 6.08 Å². The molecule has 0 aromatic rings. The SMILES string of the molecule is C=C(C)C(C=CC(C)C1CCC2C3C(=O)C=C4CC(O)CCC4(C)C3CCC12C)CC. The Hall–Kier alpha value is -1.15. The minimum atomic E-state index is -0.257. The second kappa shape index (κ2) is 8.32. The van der Waals surface area contributed by atoms with E-state index in [2.05, 4.69) is 53.3 Å². The number of rotatable bonds is 5. The minimum Gasteiger partial charge on any atom is -0.393 e. The topological polar surface area (TPSA) is 37.3 Å². The highest BCUT2D eigenvalue weighted by molar-refractivity contribution is 5.94. The van der Waals surface area contributed by atoms with Crippen molar-refractivity contribution in [2.75, 3.05) is 0 Å². The molecule has 4 rings (SSSR count). The molecule has 0 aromatic heterocycles. The Morgan fingerprint density at radius 3 is 2.61 bits per heavy atom. The molecule has 0 saturated heterocycles. The molecule has 0 aliphatic heterocycles. The third-order valence-corrected chi connectivity index (χ3v) is 10.3. The number of allylic oxidation sites excluding steroid dienone is 4. The van der Waals surface area contributed by atoms with Crippen molar-refractivity contribution < 1.29 is 9.90 Å². The Labute approximate surface area is 190 Å². The molecule has 4 aliphatic rings. The van der Waals surface area contributed by atoms with E-state index >= 15 is 0 Å². The summed E-state index contributed by atoms with van der Waals surface area (Å²) in [6.07, 6.45) is 15.2. The van der Waals surface area contributed by atoms with Crippen LogP contribution in [0.4, 0.5) is 0 Å². The molecule has 0 bridgehead atoms. The number of aliphatic hydroxyl groups excluding tert-OH is 1. The van der Waals surface area contributed by atoms with Gasteiger partial charge in [0.2, 0.25) is 0 Å². The fourth-order valence-corrected chi connectivity index (χ4v) is 8.38. The third-order valence-electron chi connectivity index (χ3n) is 10.3. The van der Waals surface area contributed by atoms with Crippen LogP contribution >= 0.6 is 0 Å². The van der Waals surface area contributed by atoms with Crippen LogP contribution in [-0.2, 0) is 4.79 Å². The molecule has 2 heteroatoms. The summed E-state index contributed by atoms with van der Waals surface area (Å²) in [5.41, 5.74) is 2.89. The van der Waals surface area contributed by atoms with Gasteiger partial charge in [0.25, 0.3) is 0 Å². The minimum absolute atomic E-state index is 0.124. The van der Waals surface area contributed by atoms with Crippen molar-refractivity contribution in [1.82, 2.24) is 0 Å². The van der Waals surface area contributed by atoms with Crippen molar-refractivity contribution in [3.05, 3.63) is 36.0 Å². The molecule has 0 aromatic carbocycles. The normalized spacial score (nSPS) is 44.3. The summed E-state index contributed by atoms with van der Waals surface area (Å²) in [6, 6.07) is 0. The van der Waals surface area contributed by atoms with E-state index < -0.39 is 0 Å². The van der Waals surface area contributed by atoms with Gasteiger partial charge in [0, 0.05) is 5.92 Å². The second-order valence-corrected chi connectivity index (χ2v) is 12.0. The van der Waals surface area contributed by atoms with Gasteiger partial charge in [0.1, 0.15) is 0 Å². The quantitative estimate of drug-likeness (QED) is 0.487. The zero-order chi connectivity index (χ0) is 22.6. The summed E-state index contributed by atoms with van der Waals surface area (Å²) in [7, 11) is 0. The van der Waals surface area contributed by atoms with Crippen molar-refractivity contribution >= 4 is 5.78 Å². The van der Waals surface area contributed by atoms with E-state index in [-0.39, 0.29) is 22.9 Å². The summed E-state index contributed by atoms with van der Waals surface area (Å²) >= 11 is 0. The van der Waals surface area contributed by atoms with Crippen LogP contribution in [0.3, 0.4) is 0 Å². The maximum Gasteiger partial charge on any atom is 0.159 e. The molecule has 4 aliphatic carbocycles. The maximum absolute atomic E-state index is 13.4. The van der Waals surface area contributed by atoms with Crippen LogP contribution in [0, 0.1) is 46.3 Å². The Balaban J connectivity index is 1.58. The highest BCUT2D eigenvalue weighted by Gasteiger charge is 2.61. The predicted molar refractivity (Wildman–Crippen MR) is 128 cm³/mol. The van der Waals surface area contributed by atoms with Crippen molar-refractivity contribution in [3.63, 3.8) is 0 Å². The number of carbonyl (C=O) groups is 1. The van der Waals surface area contributed by atoms with Gasteiger partial charge in [-0.05, 0) is 105 Å². The fraction of sp³-hybridized carbons (Fsp3) is 0.759. The summed E-state index contributed by atoms with van der Waals surface area (Å²) in [6.45, 7) is 15.9. The molecule has 0 heterocycles. The first-order chi connectivity index (χ1) is 14.6. The molecule has 172 valence electrons. The van der Waals surface area contributed by atoms with Gasteiger partial charge in [-0.2, -0.15) is 0 Å². The van der Waals surface area contributed by atoms with Crippen LogP contribution in [0.25, 0.3) is 0 Å². The zero-order valence-corrected chi connectivity index (χ0v) is 20.5. The lowest BCUT2D eigenvalue weighted by molar-refractivity contribution is -0.134. The Morgan fingerprint density at radius 2 is 1.94 bits per heavy atom. The first-order valence-electron chi connectivity index (χ1n) is 12.9. The highest BCUT2D eigenvalue weighted by atomic mass is 16.3. The molecule has 0 radical (unpaired) electrons. The van der Waals surface area contributed by atoms with Gasteiger partial charge in [-0.15, -0.1) is 0 Å². The number of hydrogen-bond donors (Lipinski definition) is 1. The first kappa shape index (κ1) is 23.0. The lowest BCUT2D eigenvalue weighted by Crippen LogP contribution is -2.53. The van der Waals surface area contributed by atoms with Gasteiger partial charge in [-0.3, -0.25) is 4.79 Å². The molecule has 2 nitrogen and oxygen atoms in total. The maximum atomic E-state index is 13.4. The van der Waals surface area contributed by atoms with E-state index in [0.717, 1.165) is 19.3 Å². The Bertz CT molecular complexity index is 791. The predicted octanol–water partition coefficient (Wildman–Crippen LogP) is 6.90. The summed E-state index contributed by atoms with van der Waals surface area (Å²) in [5, 5.41) is 10.2. The monoisotopic (exact) mass is 424 g/mol. The molecule has 3 fully saturated rings. The first-order valence-corrected chi connectivity index (χ1v) is 12.9. The molecular weight excluding hydrogens is 380 g/mol. The van der Waals surface area contributed by atoms with Crippen molar-refractivity contribution in [2.45, 2.75) is 92.1 Å². The summed E-state index contributed by atoms with van der Waals surface area (Å²) in [5.74, 6) is 3.25. The van der Waals surface area contributed by atoms with E-state index in [1.54, 1.807) is 0 Å². The van der Waals surface area contributed by atoms with Gasteiger partial charge in [0.05, 0.1) is 6.10 Å². The van der Waals surface area contributed by atoms with Crippen LogP contribution < -0.4 is 0 Å². The number of carbonyl (C=O) groups excluding carboxylic acids is 1. The number of fused-ring (bicyclic) bond motifs is 5. The second-order valence-electron chi connectivity index (χ2n) is 12.0. The number of hydrogen-bond acceptors (Lipinski definition) is 2. The van der Waals surface area contributed by atoms with E-state index in [4.69, 9.17) is 0 Å².